The molecule has 4 nitrogen and oxygen atoms in total. The van der Waals surface area contributed by atoms with E-state index < -0.39 is 0 Å². The lowest BCUT2D eigenvalue weighted by Crippen LogP contribution is -2.52. The molecule has 3 rings (SSSR count). The zero-order valence-electron chi connectivity index (χ0n) is 11.7. The molecule has 3 N–H and O–H groups in total. The van der Waals surface area contributed by atoms with Crippen LogP contribution in [0.4, 0.5) is 0 Å². The number of hydrogen-bond donors (Lipinski definition) is 3. The lowest BCUT2D eigenvalue weighted by atomic mass is 9.97. The van der Waals surface area contributed by atoms with Gasteiger partial charge in [0.05, 0.1) is 23.2 Å². The van der Waals surface area contributed by atoms with Crippen LogP contribution in [0.1, 0.15) is 19.8 Å². The van der Waals surface area contributed by atoms with E-state index in [1.54, 1.807) is 11.8 Å². The van der Waals surface area contributed by atoms with Gasteiger partial charge in [-0.15, -0.1) is 0 Å². The van der Waals surface area contributed by atoms with Crippen molar-refractivity contribution in [3.63, 3.8) is 0 Å². The Labute approximate surface area is 123 Å². The Morgan fingerprint density at radius 2 is 2.25 bits per heavy atom. The van der Waals surface area contributed by atoms with Crippen LogP contribution in [0.3, 0.4) is 0 Å². The Kier molecular flexibility index (Phi) is 4.01. The number of rotatable bonds is 7. The molecule has 2 aromatic rings. The average Bonchev–Trinajstić information content (AvgIpc) is 3.23. The summed E-state index contributed by atoms with van der Waals surface area (Å²) in [4.78, 5) is 7.92. The molecule has 1 aliphatic carbocycles. The highest BCUT2D eigenvalue weighted by atomic mass is 32.2. The minimum Gasteiger partial charge on any atom is -0.394 e. The molecule has 1 saturated carbocycles. The first-order valence-electron chi connectivity index (χ1n) is 7.21. The van der Waals surface area contributed by atoms with E-state index in [9.17, 15) is 5.11 Å². The van der Waals surface area contributed by atoms with Crippen molar-refractivity contribution in [1.82, 2.24) is 15.3 Å². The van der Waals surface area contributed by atoms with Crippen molar-refractivity contribution in [3.05, 3.63) is 24.3 Å². The Morgan fingerprint density at radius 1 is 1.45 bits per heavy atom. The molecule has 0 spiro atoms. The molecule has 1 unspecified atom stereocenters. The number of para-hydroxylation sites is 2. The molecule has 1 atom stereocenters. The molecular weight excluding hydrogens is 270 g/mol. The summed E-state index contributed by atoms with van der Waals surface area (Å²) in [6.45, 7) is 3.18. The monoisotopic (exact) mass is 291 g/mol. The van der Waals surface area contributed by atoms with E-state index >= 15 is 0 Å². The third kappa shape index (κ3) is 2.71. The molecule has 1 heterocycles. The summed E-state index contributed by atoms with van der Waals surface area (Å²) in [5.74, 6) is 1.45. The van der Waals surface area contributed by atoms with Crippen molar-refractivity contribution in [2.75, 3.05) is 18.9 Å². The van der Waals surface area contributed by atoms with Crippen molar-refractivity contribution in [2.24, 2.45) is 5.92 Å². The normalized spacial score (nSPS) is 18.3. The number of fused-ring (bicyclic) bond motifs is 1. The van der Waals surface area contributed by atoms with Crippen LogP contribution in [0.2, 0.25) is 0 Å². The Hall–Kier alpha value is -1.04. The third-order valence-electron chi connectivity index (χ3n) is 4.00. The van der Waals surface area contributed by atoms with Crippen LogP contribution >= 0.6 is 11.8 Å². The molecule has 1 aliphatic rings. The highest BCUT2D eigenvalue weighted by Crippen LogP contribution is 2.42. The summed E-state index contributed by atoms with van der Waals surface area (Å²) in [6.07, 6.45) is 2.43. The fraction of sp³-hybridized carbons (Fsp3) is 0.533. The van der Waals surface area contributed by atoms with Crippen LogP contribution in [0.5, 0.6) is 0 Å². The van der Waals surface area contributed by atoms with E-state index in [1.807, 2.05) is 24.3 Å². The van der Waals surface area contributed by atoms with Crippen LogP contribution in [-0.2, 0) is 0 Å². The predicted octanol–water partition coefficient (Wildman–Crippen LogP) is 2.41. The molecule has 0 bridgehead atoms. The smallest absolute Gasteiger partial charge is 0.166 e. The van der Waals surface area contributed by atoms with Gasteiger partial charge in [-0.25, -0.2) is 4.98 Å². The first-order chi connectivity index (χ1) is 9.77. The molecular formula is C15H21N3OS. The number of aliphatic hydroxyl groups is 1. The number of aromatic amines is 1. The second-order valence-corrected chi connectivity index (χ2v) is 6.43. The van der Waals surface area contributed by atoms with Crippen LogP contribution in [0.25, 0.3) is 11.0 Å². The van der Waals surface area contributed by atoms with Gasteiger partial charge in [0.15, 0.2) is 5.16 Å². The predicted molar refractivity (Wildman–Crippen MR) is 83.0 cm³/mol. The van der Waals surface area contributed by atoms with Crippen LogP contribution in [-0.4, -0.2) is 39.5 Å². The van der Waals surface area contributed by atoms with Gasteiger partial charge >= 0.3 is 0 Å². The van der Waals surface area contributed by atoms with Gasteiger partial charge in [-0.2, -0.15) is 0 Å². The molecule has 0 aliphatic heterocycles. The van der Waals surface area contributed by atoms with E-state index in [0.717, 1.165) is 28.5 Å². The molecule has 20 heavy (non-hydrogen) atoms. The fourth-order valence-corrected chi connectivity index (χ4v) is 3.90. The zero-order valence-corrected chi connectivity index (χ0v) is 12.5. The standard InChI is InChI=1S/C15H21N3OS/c1-2-16-15(9-19,11-7-8-11)10-20-14-17-12-5-3-4-6-13(12)18-14/h3-6,11,16,19H,2,7-10H2,1H3,(H,17,18). The van der Waals surface area contributed by atoms with Crippen LogP contribution in [0, 0.1) is 5.92 Å². The number of aliphatic hydroxyl groups excluding tert-OH is 1. The number of imidazole rings is 1. The quantitative estimate of drug-likeness (QED) is 0.686. The maximum absolute atomic E-state index is 9.83. The molecule has 108 valence electrons. The summed E-state index contributed by atoms with van der Waals surface area (Å²) in [6, 6.07) is 8.06. The largest absolute Gasteiger partial charge is 0.394 e. The van der Waals surface area contributed by atoms with Gasteiger partial charge in [0.2, 0.25) is 0 Å². The maximum Gasteiger partial charge on any atom is 0.166 e. The molecule has 0 saturated heterocycles. The van der Waals surface area contributed by atoms with Crippen molar-refractivity contribution in [2.45, 2.75) is 30.5 Å². The van der Waals surface area contributed by atoms with Gasteiger partial charge in [0.25, 0.3) is 0 Å². The third-order valence-corrected chi connectivity index (χ3v) is 5.13. The van der Waals surface area contributed by atoms with Crippen molar-refractivity contribution in [1.29, 1.82) is 0 Å². The van der Waals surface area contributed by atoms with E-state index in [1.165, 1.54) is 12.8 Å². The lowest BCUT2D eigenvalue weighted by Gasteiger charge is -2.32. The number of aromatic nitrogens is 2. The number of nitrogens with one attached hydrogen (secondary N) is 2. The number of likely N-dealkylation sites (N-methyl/N-ethyl adjacent to an activating group) is 1. The first kappa shape index (κ1) is 13.9. The van der Waals surface area contributed by atoms with Crippen molar-refractivity contribution < 1.29 is 5.11 Å². The topological polar surface area (TPSA) is 60.9 Å². The number of hydrogen-bond acceptors (Lipinski definition) is 4. The summed E-state index contributed by atoms with van der Waals surface area (Å²) < 4.78 is 0. The molecule has 1 fully saturated rings. The van der Waals surface area contributed by atoms with E-state index in [2.05, 4.69) is 22.2 Å². The average molecular weight is 291 g/mol. The molecule has 0 amide bonds. The highest BCUT2D eigenvalue weighted by Gasteiger charge is 2.44. The van der Waals surface area contributed by atoms with Crippen molar-refractivity contribution in [3.8, 4) is 0 Å². The second kappa shape index (κ2) is 5.76. The van der Waals surface area contributed by atoms with Crippen LogP contribution in [0.15, 0.2) is 29.4 Å². The highest BCUT2D eigenvalue weighted by molar-refractivity contribution is 7.99. The van der Waals surface area contributed by atoms with E-state index in [-0.39, 0.29) is 12.1 Å². The lowest BCUT2D eigenvalue weighted by molar-refractivity contribution is 0.161. The molecule has 0 radical (unpaired) electrons. The summed E-state index contributed by atoms with van der Waals surface area (Å²) in [5.41, 5.74) is 1.91. The van der Waals surface area contributed by atoms with Crippen LogP contribution < -0.4 is 5.32 Å². The number of nitrogens with zero attached hydrogens (tertiary/aromatic N) is 1. The number of thioether (sulfide) groups is 1. The maximum atomic E-state index is 9.83. The summed E-state index contributed by atoms with van der Waals surface area (Å²) >= 11 is 1.70. The van der Waals surface area contributed by atoms with Gasteiger partial charge in [-0.3, -0.25) is 0 Å². The van der Waals surface area contributed by atoms with Gasteiger partial charge in [0.1, 0.15) is 0 Å². The number of benzene rings is 1. The summed E-state index contributed by atoms with van der Waals surface area (Å²) in [7, 11) is 0. The Balaban J connectivity index is 1.73. The minimum atomic E-state index is -0.154. The van der Waals surface area contributed by atoms with Gasteiger partial charge in [0, 0.05) is 5.75 Å². The summed E-state index contributed by atoms with van der Waals surface area (Å²) in [5, 5.41) is 14.3. The van der Waals surface area contributed by atoms with Gasteiger partial charge < -0.3 is 15.4 Å². The second-order valence-electron chi connectivity index (χ2n) is 5.47. The molecule has 1 aromatic heterocycles. The Morgan fingerprint density at radius 3 is 2.90 bits per heavy atom. The van der Waals surface area contributed by atoms with Gasteiger partial charge in [-0.1, -0.05) is 30.8 Å². The van der Waals surface area contributed by atoms with Gasteiger partial charge in [-0.05, 0) is 37.4 Å². The fourth-order valence-electron chi connectivity index (χ4n) is 2.73. The minimum absolute atomic E-state index is 0.154. The molecule has 1 aromatic carbocycles. The zero-order chi connectivity index (χ0) is 14.0. The Bertz CT molecular complexity index is 548. The SMILES string of the molecule is CCNC(CO)(CSc1nc2ccccc2[nH]1)C1CC1. The number of H-pyrrole nitrogens is 1. The van der Waals surface area contributed by atoms with Crippen molar-refractivity contribution >= 4 is 22.8 Å². The molecule has 5 heteroatoms. The first-order valence-corrected chi connectivity index (χ1v) is 8.19. The van der Waals surface area contributed by atoms with E-state index in [4.69, 9.17) is 0 Å². The van der Waals surface area contributed by atoms with E-state index in [0.29, 0.717) is 5.92 Å².